The summed E-state index contributed by atoms with van der Waals surface area (Å²) in [7, 11) is -4.01. The summed E-state index contributed by atoms with van der Waals surface area (Å²) in [6, 6.07) is 3.97. The van der Waals surface area contributed by atoms with E-state index in [0.717, 1.165) is 12.8 Å². The van der Waals surface area contributed by atoms with Crippen molar-refractivity contribution in [3.8, 4) is 5.75 Å². The normalized spacial score (nSPS) is 14.4. The van der Waals surface area contributed by atoms with Crippen molar-refractivity contribution >= 4 is 15.8 Å². The second-order valence-corrected chi connectivity index (χ2v) is 6.65. The van der Waals surface area contributed by atoms with Crippen LogP contribution in [-0.4, -0.2) is 37.5 Å². The highest BCUT2D eigenvalue weighted by Crippen LogP contribution is 2.19. The van der Waals surface area contributed by atoms with E-state index in [1.807, 2.05) is 6.92 Å². The Morgan fingerprint density at radius 2 is 1.86 bits per heavy atom. The highest BCUT2D eigenvalue weighted by Gasteiger charge is 2.33. The quantitative estimate of drug-likeness (QED) is 0.589. The molecule has 1 aromatic carbocycles. The molecule has 0 aliphatic carbocycles. The van der Waals surface area contributed by atoms with Crippen molar-refractivity contribution < 1.29 is 23.1 Å². The van der Waals surface area contributed by atoms with E-state index in [9.17, 15) is 13.2 Å². The van der Waals surface area contributed by atoms with Crippen molar-refractivity contribution in [1.29, 1.82) is 0 Å². The second-order valence-electron chi connectivity index (χ2n) is 4.55. The largest absolute Gasteiger partial charge is 0.494 e. The summed E-state index contributed by atoms with van der Waals surface area (Å²) in [6.07, 6.45) is 1.90. The maximum atomic E-state index is 12.1. The minimum Gasteiger partial charge on any atom is -0.494 e. The molecule has 0 aromatic heterocycles. The number of benzene rings is 1. The number of carboxylic acid groups (broad SMARTS) is 1. The summed E-state index contributed by atoms with van der Waals surface area (Å²) >= 11 is 0. The number of nitrogens with two attached hydrogens (primary N) is 2. The minimum absolute atomic E-state index is 0.0884. The van der Waals surface area contributed by atoms with Crippen molar-refractivity contribution in [3.63, 3.8) is 0 Å². The Morgan fingerprint density at radius 3 is 2.33 bits per heavy atom. The van der Waals surface area contributed by atoms with Gasteiger partial charge in [-0.2, -0.15) is 0 Å². The molecule has 8 heteroatoms. The van der Waals surface area contributed by atoms with Crippen LogP contribution in [0.25, 0.3) is 0 Å². The number of unbranched alkanes of at least 4 members (excludes halogenated alkanes) is 1. The lowest BCUT2D eigenvalue weighted by atomic mass is 10.3. The standard InChI is InChI=1S/C13H20N2O5S/c1-2-3-8-20-9-4-6-10(7-5-9)21(18,19)12(15)11(14)13(16)17/h4-7,11-12H,2-3,8,14-15H2,1H3,(H,16,17)/t11?,12-/m0/s1. The van der Waals surface area contributed by atoms with Gasteiger partial charge in [-0.1, -0.05) is 13.3 Å². The van der Waals surface area contributed by atoms with Crippen molar-refractivity contribution in [3.05, 3.63) is 24.3 Å². The second kappa shape index (κ2) is 7.39. The van der Waals surface area contributed by atoms with Crippen LogP contribution in [0.1, 0.15) is 19.8 Å². The molecule has 0 amide bonds. The van der Waals surface area contributed by atoms with E-state index in [1.165, 1.54) is 24.3 Å². The van der Waals surface area contributed by atoms with Crippen LogP contribution < -0.4 is 16.2 Å². The van der Waals surface area contributed by atoms with Gasteiger partial charge in [0.15, 0.2) is 9.84 Å². The Labute approximate surface area is 123 Å². The Balaban J connectivity index is 2.87. The van der Waals surface area contributed by atoms with Crippen LogP contribution in [0.5, 0.6) is 5.75 Å². The number of hydrogen-bond donors (Lipinski definition) is 3. The smallest absolute Gasteiger partial charge is 0.323 e. The molecule has 2 atom stereocenters. The number of carbonyl (C=O) groups is 1. The molecule has 118 valence electrons. The van der Waals surface area contributed by atoms with Crippen LogP contribution in [0.2, 0.25) is 0 Å². The molecule has 0 heterocycles. The monoisotopic (exact) mass is 316 g/mol. The fourth-order valence-electron chi connectivity index (χ4n) is 1.55. The van der Waals surface area contributed by atoms with E-state index in [4.69, 9.17) is 21.3 Å². The van der Waals surface area contributed by atoms with Gasteiger partial charge in [-0.25, -0.2) is 8.42 Å². The number of rotatable bonds is 8. The molecule has 1 unspecified atom stereocenters. The number of ether oxygens (including phenoxy) is 1. The van der Waals surface area contributed by atoms with Crippen LogP contribution >= 0.6 is 0 Å². The lowest BCUT2D eigenvalue weighted by Gasteiger charge is -2.16. The van der Waals surface area contributed by atoms with Gasteiger partial charge in [0.2, 0.25) is 0 Å². The van der Waals surface area contributed by atoms with E-state index in [1.54, 1.807) is 0 Å². The highest BCUT2D eigenvalue weighted by atomic mass is 32.2. The first-order valence-electron chi connectivity index (χ1n) is 6.51. The van der Waals surface area contributed by atoms with Gasteiger partial charge in [-0.05, 0) is 30.7 Å². The molecule has 7 nitrogen and oxygen atoms in total. The number of carboxylic acids is 1. The van der Waals surface area contributed by atoms with Gasteiger partial charge in [0, 0.05) is 0 Å². The highest BCUT2D eigenvalue weighted by molar-refractivity contribution is 7.92. The predicted molar refractivity (Wildman–Crippen MR) is 77.6 cm³/mol. The van der Waals surface area contributed by atoms with Gasteiger partial charge in [-0.15, -0.1) is 0 Å². The van der Waals surface area contributed by atoms with Crippen LogP contribution in [0.3, 0.4) is 0 Å². The molecule has 0 saturated carbocycles. The lowest BCUT2D eigenvalue weighted by Crippen LogP contribution is -2.51. The molecule has 0 saturated heterocycles. The van der Waals surface area contributed by atoms with E-state index < -0.39 is 27.2 Å². The topological polar surface area (TPSA) is 133 Å². The van der Waals surface area contributed by atoms with Crippen molar-refractivity contribution in [2.75, 3.05) is 6.61 Å². The van der Waals surface area contributed by atoms with Crippen molar-refractivity contribution in [1.82, 2.24) is 0 Å². The molecular weight excluding hydrogens is 296 g/mol. The Bertz CT molecular complexity index is 571. The zero-order valence-electron chi connectivity index (χ0n) is 11.7. The SMILES string of the molecule is CCCCOc1ccc(S(=O)(=O)[C@H](N)C(N)C(=O)O)cc1. The summed E-state index contributed by atoms with van der Waals surface area (Å²) in [5, 5.41) is 7.03. The molecule has 0 fully saturated rings. The summed E-state index contributed by atoms with van der Waals surface area (Å²) in [4.78, 5) is 10.6. The average Bonchev–Trinajstić information content (AvgIpc) is 2.46. The number of sulfone groups is 1. The van der Waals surface area contributed by atoms with Gasteiger partial charge < -0.3 is 21.3 Å². The Hall–Kier alpha value is -1.64. The van der Waals surface area contributed by atoms with Gasteiger partial charge in [-0.3, -0.25) is 4.79 Å². The van der Waals surface area contributed by atoms with E-state index in [-0.39, 0.29) is 4.90 Å². The number of hydrogen-bond acceptors (Lipinski definition) is 6. The van der Waals surface area contributed by atoms with Gasteiger partial charge in [0.25, 0.3) is 0 Å². The first kappa shape index (κ1) is 17.4. The summed E-state index contributed by atoms with van der Waals surface area (Å²) in [5.41, 5.74) is 10.7. The van der Waals surface area contributed by atoms with Crippen molar-refractivity contribution in [2.45, 2.75) is 36.1 Å². The summed E-state index contributed by atoms with van der Waals surface area (Å²) in [5.74, 6) is -0.927. The van der Waals surface area contributed by atoms with Gasteiger partial charge >= 0.3 is 5.97 Å². The zero-order valence-corrected chi connectivity index (χ0v) is 12.5. The summed E-state index contributed by atoms with van der Waals surface area (Å²) in [6.45, 7) is 2.58. The molecule has 0 bridgehead atoms. The minimum atomic E-state index is -4.01. The molecule has 21 heavy (non-hydrogen) atoms. The van der Waals surface area contributed by atoms with E-state index in [2.05, 4.69) is 0 Å². The maximum Gasteiger partial charge on any atom is 0.323 e. The molecule has 0 aliphatic rings. The fourth-order valence-corrected chi connectivity index (χ4v) is 2.88. The Morgan fingerprint density at radius 1 is 1.29 bits per heavy atom. The molecule has 0 spiro atoms. The predicted octanol–water partition coefficient (Wildman–Crippen LogP) is 0.336. The van der Waals surface area contributed by atoms with E-state index >= 15 is 0 Å². The van der Waals surface area contributed by atoms with Crippen LogP contribution in [-0.2, 0) is 14.6 Å². The zero-order chi connectivity index (χ0) is 16.0. The first-order valence-corrected chi connectivity index (χ1v) is 8.06. The van der Waals surface area contributed by atoms with Crippen molar-refractivity contribution in [2.24, 2.45) is 11.5 Å². The third kappa shape index (κ3) is 4.42. The first-order chi connectivity index (χ1) is 9.80. The van der Waals surface area contributed by atoms with Crippen LogP contribution in [0.15, 0.2) is 29.2 Å². The molecular formula is C13H20N2O5S. The maximum absolute atomic E-state index is 12.1. The number of aliphatic carboxylic acids is 1. The van der Waals surface area contributed by atoms with Crippen LogP contribution in [0, 0.1) is 0 Å². The lowest BCUT2D eigenvalue weighted by molar-refractivity contribution is -0.138. The third-order valence-electron chi connectivity index (χ3n) is 2.92. The molecule has 5 N–H and O–H groups in total. The van der Waals surface area contributed by atoms with Gasteiger partial charge in [0.05, 0.1) is 11.5 Å². The molecule has 0 radical (unpaired) electrons. The molecule has 0 aliphatic heterocycles. The third-order valence-corrected chi connectivity index (χ3v) is 4.86. The van der Waals surface area contributed by atoms with E-state index in [0.29, 0.717) is 12.4 Å². The fraction of sp³-hybridized carbons (Fsp3) is 0.462. The molecule has 1 rings (SSSR count). The molecule has 1 aromatic rings. The Kier molecular flexibility index (Phi) is 6.13. The van der Waals surface area contributed by atoms with Crippen LogP contribution in [0.4, 0.5) is 0 Å². The van der Waals surface area contributed by atoms with Gasteiger partial charge in [0.1, 0.15) is 17.2 Å². The summed E-state index contributed by atoms with van der Waals surface area (Å²) < 4.78 is 29.7. The average molecular weight is 316 g/mol.